The Bertz CT molecular complexity index is 820. The van der Waals surface area contributed by atoms with Gasteiger partial charge in [0, 0.05) is 18.1 Å². The number of hydrogen-bond donors (Lipinski definition) is 1. The number of benzene rings is 2. The third kappa shape index (κ3) is 6.68. The summed E-state index contributed by atoms with van der Waals surface area (Å²) in [5, 5.41) is 3.54. The molecule has 5 heteroatoms. The average molecular weight is 401 g/mol. The third-order valence-electron chi connectivity index (χ3n) is 4.53. The van der Waals surface area contributed by atoms with Crippen LogP contribution in [0.1, 0.15) is 37.5 Å². The molecule has 2 amide bonds. The Morgan fingerprint density at radius 3 is 2.36 bits per heavy atom. The molecule has 0 heterocycles. The molecule has 1 atom stereocenters. The van der Waals surface area contributed by atoms with E-state index in [1.54, 1.807) is 17.9 Å². The maximum absolute atomic E-state index is 13.1. The summed E-state index contributed by atoms with van der Waals surface area (Å²) in [6, 6.07) is 14.7. The van der Waals surface area contributed by atoms with Crippen molar-refractivity contribution in [3.05, 3.63) is 70.2 Å². The second-order valence-electron chi connectivity index (χ2n) is 7.63. The molecule has 0 radical (unpaired) electrons. The molecule has 2 aromatic rings. The fraction of sp³-hybridized carbons (Fsp3) is 0.391. The Kier molecular flexibility index (Phi) is 8.06. The molecule has 0 bridgehead atoms. The number of amides is 2. The van der Waals surface area contributed by atoms with Crippen LogP contribution < -0.4 is 5.32 Å². The van der Waals surface area contributed by atoms with E-state index in [2.05, 4.69) is 5.32 Å². The number of nitrogens with zero attached hydrogens (tertiary/aromatic N) is 1. The van der Waals surface area contributed by atoms with Crippen molar-refractivity contribution in [2.75, 3.05) is 6.54 Å². The monoisotopic (exact) mass is 400 g/mol. The average Bonchev–Trinajstić information content (AvgIpc) is 2.63. The van der Waals surface area contributed by atoms with Crippen molar-refractivity contribution in [1.29, 1.82) is 0 Å². The van der Waals surface area contributed by atoms with Crippen molar-refractivity contribution in [1.82, 2.24) is 10.2 Å². The Morgan fingerprint density at radius 1 is 1.04 bits per heavy atom. The Balaban J connectivity index is 2.21. The molecule has 4 nitrogen and oxygen atoms in total. The molecule has 1 N–H and O–H groups in total. The normalized spacial score (nSPS) is 11.9. The lowest BCUT2D eigenvalue weighted by atomic mass is 10.1. The van der Waals surface area contributed by atoms with E-state index in [1.807, 2.05) is 63.2 Å². The number of nitrogens with one attached hydrogen (secondary N) is 1. The molecule has 0 aliphatic rings. The van der Waals surface area contributed by atoms with Gasteiger partial charge >= 0.3 is 0 Å². The molecule has 2 rings (SSSR count). The fourth-order valence-electron chi connectivity index (χ4n) is 2.97. The van der Waals surface area contributed by atoms with Crippen LogP contribution in [0.2, 0.25) is 5.02 Å². The Labute approximate surface area is 172 Å². The highest BCUT2D eigenvalue weighted by Gasteiger charge is 2.26. The SMILES string of the molecule is Cc1cccc(CC(=O)N(Cc2cccc(Cl)c2)[C@H](C)C(=O)NCC(C)C)c1. The van der Waals surface area contributed by atoms with Crippen LogP contribution in [0.25, 0.3) is 0 Å². The Hall–Kier alpha value is -2.33. The predicted octanol–water partition coefficient (Wildman–Crippen LogP) is 4.38. The van der Waals surface area contributed by atoms with E-state index in [-0.39, 0.29) is 18.2 Å². The largest absolute Gasteiger partial charge is 0.354 e. The molecule has 2 aromatic carbocycles. The lowest BCUT2D eigenvalue weighted by Gasteiger charge is -2.29. The first-order valence-electron chi connectivity index (χ1n) is 9.63. The van der Waals surface area contributed by atoms with Gasteiger partial charge < -0.3 is 10.2 Å². The topological polar surface area (TPSA) is 49.4 Å². The molecular formula is C23H29ClN2O2. The molecule has 0 saturated heterocycles. The first kappa shape index (κ1) is 22.0. The number of rotatable bonds is 8. The van der Waals surface area contributed by atoms with E-state index in [9.17, 15) is 9.59 Å². The molecule has 0 aliphatic heterocycles. The van der Waals surface area contributed by atoms with Gasteiger partial charge in [0.15, 0.2) is 0 Å². The van der Waals surface area contributed by atoms with Gasteiger partial charge in [-0.15, -0.1) is 0 Å². The van der Waals surface area contributed by atoms with E-state index in [0.29, 0.717) is 24.0 Å². The lowest BCUT2D eigenvalue weighted by Crippen LogP contribution is -2.48. The van der Waals surface area contributed by atoms with Crippen LogP contribution in [-0.2, 0) is 22.6 Å². The summed E-state index contributed by atoms with van der Waals surface area (Å²) in [4.78, 5) is 27.4. The maximum Gasteiger partial charge on any atom is 0.242 e. The minimum absolute atomic E-state index is 0.0854. The van der Waals surface area contributed by atoms with Crippen LogP contribution in [0.15, 0.2) is 48.5 Å². The van der Waals surface area contributed by atoms with Crippen LogP contribution in [0.3, 0.4) is 0 Å². The highest BCUT2D eigenvalue weighted by atomic mass is 35.5. The zero-order chi connectivity index (χ0) is 20.7. The van der Waals surface area contributed by atoms with E-state index in [1.165, 1.54) is 0 Å². The van der Waals surface area contributed by atoms with Gasteiger partial charge in [0.25, 0.3) is 0 Å². The molecular weight excluding hydrogens is 372 g/mol. The summed E-state index contributed by atoms with van der Waals surface area (Å²) in [6.07, 6.45) is 0.254. The van der Waals surface area contributed by atoms with Crippen LogP contribution in [0.4, 0.5) is 0 Å². The van der Waals surface area contributed by atoms with Gasteiger partial charge in [-0.1, -0.05) is 67.4 Å². The van der Waals surface area contributed by atoms with E-state index >= 15 is 0 Å². The minimum Gasteiger partial charge on any atom is -0.354 e. The molecule has 0 fully saturated rings. The van der Waals surface area contributed by atoms with Crippen molar-refractivity contribution < 1.29 is 9.59 Å². The van der Waals surface area contributed by atoms with E-state index < -0.39 is 6.04 Å². The number of halogens is 1. The highest BCUT2D eigenvalue weighted by molar-refractivity contribution is 6.30. The molecule has 0 aromatic heterocycles. The molecule has 0 aliphatic carbocycles. The van der Waals surface area contributed by atoms with Gasteiger partial charge in [0.1, 0.15) is 6.04 Å². The second-order valence-corrected chi connectivity index (χ2v) is 8.07. The summed E-state index contributed by atoms with van der Waals surface area (Å²) in [7, 11) is 0. The minimum atomic E-state index is -0.574. The van der Waals surface area contributed by atoms with Gasteiger partial charge in [0.05, 0.1) is 6.42 Å². The van der Waals surface area contributed by atoms with Gasteiger partial charge in [-0.25, -0.2) is 0 Å². The smallest absolute Gasteiger partial charge is 0.242 e. The zero-order valence-corrected chi connectivity index (χ0v) is 17.8. The first-order valence-corrected chi connectivity index (χ1v) is 10.0. The quantitative estimate of drug-likeness (QED) is 0.714. The van der Waals surface area contributed by atoms with Crippen molar-refractivity contribution in [2.45, 2.75) is 46.7 Å². The number of aryl methyl sites for hydroxylation is 1. The Morgan fingerprint density at radius 2 is 1.71 bits per heavy atom. The first-order chi connectivity index (χ1) is 13.3. The summed E-state index contributed by atoms with van der Waals surface area (Å²) in [5.74, 6) is 0.117. The summed E-state index contributed by atoms with van der Waals surface area (Å²) >= 11 is 6.10. The van der Waals surface area contributed by atoms with Crippen molar-refractivity contribution in [3.63, 3.8) is 0 Å². The van der Waals surface area contributed by atoms with Crippen LogP contribution in [0.5, 0.6) is 0 Å². The van der Waals surface area contributed by atoms with Gasteiger partial charge in [-0.2, -0.15) is 0 Å². The van der Waals surface area contributed by atoms with Gasteiger partial charge in [-0.3, -0.25) is 9.59 Å². The second kappa shape index (κ2) is 10.3. The highest BCUT2D eigenvalue weighted by Crippen LogP contribution is 2.16. The summed E-state index contributed by atoms with van der Waals surface area (Å²) in [5.41, 5.74) is 2.94. The molecule has 28 heavy (non-hydrogen) atoms. The number of hydrogen-bond acceptors (Lipinski definition) is 2. The summed E-state index contributed by atoms with van der Waals surface area (Å²) in [6.45, 7) is 8.77. The molecule has 150 valence electrons. The fourth-order valence-corrected chi connectivity index (χ4v) is 3.18. The van der Waals surface area contributed by atoms with Gasteiger partial charge in [0.2, 0.25) is 11.8 Å². The number of carbonyl (C=O) groups excluding carboxylic acids is 2. The van der Waals surface area contributed by atoms with Crippen LogP contribution >= 0.6 is 11.6 Å². The van der Waals surface area contributed by atoms with E-state index in [4.69, 9.17) is 11.6 Å². The third-order valence-corrected chi connectivity index (χ3v) is 4.77. The van der Waals surface area contributed by atoms with Crippen LogP contribution in [-0.4, -0.2) is 29.3 Å². The van der Waals surface area contributed by atoms with E-state index in [0.717, 1.165) is 16.7 Å². The standard InChI is InChI=1S/C23H29ClN2O2/c1-16(2)14-25-23(28)18(4)26(15-20-9-6-10-21(24)12-20)22(27)13-19-8-5-7-17(3)11-19/h5-12,16,18H,13-15H2,1-4H3,(H,25,28)/t18-/m1/s1. The summed E-state index contributed by atoms with van der Waals surface area (Å²) < 4.78 is 0. The van der Waals surface area contributed by atoms with Crippen molar-refractivity contribution in [2.24, 2.45) is 5.92 Å². The van der Waals surface area contributed by atoms with Crippen molar-refractivity contribution in [3.8, 4) is 0 Å². The molecule has 0 unspecified atom stereocenters. The number of carbonyl (C=O) groups is 2. The molecule has 0 saturated carbocycles. The van der Waals surface area contributed by atoms with Crippen molar-refractivity contribution >= 4 is 23.4 Å². The zero-order valence-electron chi connectivity index (χ0n) is 17.0. The molecule has 0 spiro atoms. The van der Waals surface area contributed by atoms with Gasteiger partial charge in [-0.05, 0) is 43.0 Å². The predicted molar refractivity (Wildman–Crippen MR) is 114 cm³/mol. The lowest BCUT2D eigenvalue weighted by molar-refractivity contribution is -0.140. The van der Waals surface area contributed by atoms with Crippen LogP contribution in [0, 0.1) is 12.8 Å². The maximum atomic E-state index is 13.1.